The zero-order valence-electron chi connectivity index (χ0n) is 6.69. The van der Waals surface area contributed by atoms with Crippen LogP contribution in [0.3, 0.4) is 0 Å². The van der Waals surface area contributed by atoms with Crippen LogP contribution < -0.4 is 0 Å². The van der Waals surface area contributed by atoms with E-state index < -0.39 is 3.79 Å². The van der Waals surface area contributed by atoms with Crippen LogP contribution in [0.4, 0.5) is 0 Å². The Morgan fingerprint density at radius 1 is 1.46 bits per heavy atom. The van der Waals surface area contributed by atoms with Gasteiger partial charge in [-0.1, -0.05) is 50.7 Å². The Labute approximate surface area is 99.7 Å². The molecule has 0 bridgehead atoms. The second kappa shape index (κ2) is 4.30. The van der Waals surface area contributed by atoms with E-state index in [2.05, 4.69) is 25.9 Å². The molecule has 0 saturated heterocycles. The molecule has 6 heteroatoms. The summed E-state index contributed by atoms with van der Waals surface area (Å²) in [5, 5.41) is 0.693. The van der Waals surface area contributed by atoms with Gasteiger partial charge in [0.25, 0.3) is 0 Å². The van der Waals surface area contributed by atoms with E-state index in [9.17, 15) is 0 Å². The summed E-state index contributed by atoms with van der Waals surface area (Å²) in [7, 11) is 0. The van der Waals surface area contributed by atoms with Gasteiger partial charge in [-0.15, -0.1) is 0 Å². The minimum Gasteiger partial charge on any atom is -0.237 e. The number of aryl methyl sites for hydroxylation is 1. The van der Waals surface area contributed by atoms with Crippen LogP contribution in [0.5, 0.6) is 0 Å². The minimum atomic E-state index is -1.55. The van der Waals surface area contributed by atoms with Crippen LogP contribution in [0, 0.1) is 6.92 Å². The summed E-state index contributed by atoms with van der Waals surface area (Å²) >= 11 is 20.2. The second-order valence-corrected chi connectivity index (χ2v) is 5.28. The molecule has 0 aliphatic heterocycles. The highest BCUT2D eigenvalue weighted by molar-refractivity contribution is 9.08. The van der Waals surface area contributed by atoms with E-state index in [1.165, 1.54) is 0 Å². The number of alkyl halides is 4. The third-order valence-corrected chi connectivity index (χ3v) is 2.59. The predicted octanol–water partition coefficient (Wildman–Crippen LogP) is 3.51. The first-order valence-electron chi connectivity index (χ1n) is 3.41. The average molecular weight is 304 g/mol. The van der Waals surface area contributed by atoms with Crippen molar-refractivity contribution < 1.29 is 0 Å². The first-order chi connectivity index (χ1) is 5.95. The van der Waals surface area contributed by atoms with Crippen molar-refractivity contribution in [1.82, 2.24) is 9.97 Å². The molecule has 1 aromatic rings. The van der Waals surface area contributed by atoms with Crippen molar-refractivity contribution in [3.05, 3.63) is 23.3 Å². The van der Waals surface area contributed by atoms with Gasteiger partial charge in [0, 0.05) is 22.8 Å². The van der Waals surface area contributed by atoms with E-state index in [-0.39, 0.29) is 5.82 Å². The summed E-state index contributed by atoms with van der Waals surface area (Å²) in [5.41, 5.74) is 1.80. The van der Waals surface area contributed by atoms with Gasteiger partial charge in [-0.05, 0) is 6.92 Å². The van der Waals surface area contributed by atoms with Crippen molar-refractivity contribution in [2.45, 2.75) is 16.0 Å². The van der Waals surface area contributed by atoms with Crippen molar-refractivity contribution >= 4 is 50.7 Å². The maximum absolute atomic E-state index is 5.62. The Balaban J connectivity index is 3.10. The van der Waals surface area contributed by atoms with Crippen LogP contribution in [-0.2, 0) is 9.12 Å². The van der Waals surface area contributed by atoms with E-state index in [1.54, 1.807) is 6.20 Å². The number of aromatic nitrogens is 2. The molecule has 0 saturated carbocycles. The first kappa shape index (κ1) is 11.5. The number of rotatable bonds is 1. The van der Waals surface area contributed by atoms with Gasteiger partial charge in [0.2, 0.25) is 3.79 Å². The molecule has 2 nitrogen and oxygen atoms in total. The molecule has 1 heterocycles. The largest absolute Gasteiger partial charge is 0.250 e. The molecular formula is C7H6BrCl3N2. The van der Waals surface area contributed by atoms with Gasteiger partial charge < -0.3 is 0 Å². The van der Waals surface area contributed by atoms with Crippen LogP contribution in [-0.4, -0.2) is 9.97 Å². The molecule has 0 amide bonds. The van der Waals surface area contributed by atoms with Crippen LogP contribution in [0.1, 0.15) is 17.1 Å². The van der Waals surface area contributed by atoms with Gasteiger partial charge in [0.1, 0.15) is 0 Å². The highest BCUT2D eigenvalue weighted by Gasteiger charge is 2.26. The fourth-order valence-corrected chi connectivity index (χ4v) is 1.58. The van der Waals surface area contributed by atoms with Crippen LogP contribution in [0.2, 0.25) is 0 Å². The summed E-state index contributed by atoms with van der Waals surface area (Å²) < 4.78 is -1.55. The smallest absolute Gasteiger partial charge is 0.237 e. The number of hydrogen-bond donors (Lipinski definition) is 0. The fourth-order valence-electron chi connectivity index (χ4n) is 0.760. The molecule has 0 unspecified atom stereocenters. The number of nitrogens with zero attached hydrogens (tertiary/aromatic N) is 2. The second-order valence-electron chi connectivity index (χ2n) is 2.44. The van der Waals surface area contributed by atoms with Crippen molar-refractivity contribution in [3.8, 4) is 0 Å². The molecule has 0 fully saturated rings. The monoisotopic (exact) mass is 302 g/mol. The molecule has 0 aliphatic carbocycles. The number of halogens is 4. The molecule has 0 N–H and O–H groups in total. The van der Waals surface area contributed by atoms with Gasteiger partial charge in [0.05, 0.1) is 0 Å². The molecule has 1 rings (SSSR count). The van der Waals surface area contributed by atoms with Crippen LogP contribution in [0.25, 0.3) is 0 Å². The van der Waals surface area contributed by atoms with Gasteiger partial charge in [-0.25, -0.2) is 9.97 Å². The van der Waals surface area contributed by atoms with E-state index in [1.807, 2.05) is 6.92 Å². The number of hydrogen-bond acceptors (Lipinski definition) is 2. The standard InChI is InChI=1S/C7H6BrCl3N2/c1-4-5(2-8)3-12-6(13-4)7(9,10)11/h3H,2H2,1H3. The topological polar surface area (TPSA) is 25.8 Å². The Morgan fingerprint density at radius 3 is 2.46 bits per heavy atom. The van der Waals surface area contributed by atoms with Crippen molar-refractivity contribution in [3.63, 3.8) is 0 Å². The lowest BCUT2D eigenvalue weighted by atomic mass is 10.3. The molecule has 0 atom stereocenters. The van der Waals surface area contributed by atoms with E-state index >= 15 is 0 Å². The first-order valence-corrected chi connectivity index (χ1v) is 5.66. The van der Waals surface area contributed by atoms with Gasteiger partial charge in [-0.3, -0.25) is 0 Å². The third-order valence-electron chi connectivity index (χ3n) is 1.48. The summed E-state index contributed by atoms with van der Waals surface area (Å²) in [5.74, 6) is 0.208. The lowest BCUT2D eigenvalue weighted by molar-refractivity contribution is 0.923. The Bertz CT molecular complexity index is 311. The third kappa shape index (κ3) is 2.94. The lowest BCUT2D eigenvalue weighted by Crippen LogP contribution is -2.09. The molecule has 72 valence electrons. The molecule has 0 spiro atoms. The molecule has 0 radical (unpaired) electrons. The molecule has 1 aromatic heterocycles. The van der Waals surface area contributed by atoms with Gasteiger partial charge >= 0.3 is 0 Å². The van der Waals surface area contributed by atoms with E-state index in [4.69, 9.17) is 34.8 Å². The maximum atomic E-state index is 5.62. The highest BCUT2D eigenvalue weighted by Crippen LogP contribution is 2.35. The zero-order valence-corrected chi connectivity index (χ0v) is 10.5. The van der Waals surface area contributed by atoms with Gasteiger partial charge in [0.15, 0.2) is 5.82 Å². The Morgan fingerprint density at radius 2 is 2.08 bits per heavy atom. The van der Waals surface area contributed by atoms with Crippen molar-refractivity contribution in [2.24, 2.45) is 0 Å². The summed E-state index contributed by atoms with van der Waals surface area (Å²) in [4.78, 5) is 8.02. The van der Waals surface area contributed by atoms with E-state index in [0.717, 1.165) is 11.3 Å². The molecule has 13 heavy (non-hydrogen) atoms. The highest BCUT2D eigenvalue weighted by atomic mass is 79.9. The summed E-state index contributed by atoms with van der Waals surface area (Å²) in [6, 6.07) is 0. The van der Waals surface area contributed by atoms with Crippen molar-refractivity contribution in [1.29, 1.82) is 0 Å². The zero-order chi connectivity index (χ0) is 10.1. The maximum Gasteiger partial charge on any atom is 0.250 e. The lowest BCUT2D eigenvalue weighted by Gasteiger charge is -2.10. The van der Waals surface area contributed by atoms with E-state index in [0.29, 0.717) is 5.33 Å². The fraction of sp³-hybridized carbons (Fsp3) is 0.429. The predicted molar refractivity (Wildman–Crippen MR) is 58.6 cm³/mol. The SMILES string of the molecule is Cc1nc(C(Cl)(Cl)Cl)ncc1CBr. The van der Waals surface area contributed by atoms with Crippen molar-refractivity contribution in [2.75, 3.05) is 0 Å². The summed E-state index contributed by atoms with van der Waals surface area (Å²) in [6.07, 6.45) is 1.65. The van der Waals surface area contributed by atoms with Crippen LogP contribution in [0.15, 0.2) is 6.20 Å². The quantitative estimate of drug-likeness (QED) is 0.742. The molecular weight excluding hydrogens is 298 g/mol. The van der Waals surface area contributed by atoms with Gasteiger partial charge in [-0.2, -0.15) is 0 Å². The molecule has 0 aromatic carbocycles. The Kier molecular flexibility index (Phi) is 3.81. The average Bonchev–Trinajstić information content (AvgIpc) is 2.02. The Hall–Kier alpha value is 0.430. The molecule has 0 aliphatic rings. The normalized spacial score (nSPS) is 11.8. The summed E-state index contributed by atoms with van der Waals surface area (Å²) in [6.45, 7) is 1.85. The van der Waals surface area contributed by atoms with Crippen LogP contribution >= 0.6 is 50.7 Å². The minimum absolute atomic E-state index is 0.208.